The number of carbonyl (C=O) groups excluding carboxylic acids is 1. The zero-order valence-electron chi connectivity index (χ0n) is 17.2. The maximum atomic E-state index is 12.2. The Kier molecular flexibility index (Phi) is 8.62. The zero-order chi connectivity index (χ0) is 21.1. The SMILES string of the molecule is CN=C(NCCNC(=O)c1cccc(OC)c1)NCc1ccc(OC)c(OC)c1. The lowest BCUT2D eigenvalue weighted by molar-refractivity contribution is 0.0954. The molecule has 0 radical (unpaired) electrons. The molecule has 1 amide bonds. The third-order valence-corrected chi connectivity index (χ3v) is 4.17. The van der Waals surface area contributed by atoms with Gasteiger partial charge in [0.2, 0.25) is 0 Å². The van der Waals surface area contributed by atoms with Crippen LogP contribution >= 0.6 is 0 Å². The van der Waals surface area contributed by atoms with E-state index in [-0.39, 0.29) is 5.91 Å². The van der Waals surface area contributed by atoms with E-state index in [0.29, 0.717) is 48.4 Å². The lowest BCUT2D eigenvalue weighted by atomic mass is 10.2. The molecule has 0 heterocycles. The number of hydrogen-bond donors (Lipinski definition) is 3. The summed E-state index contributed by atoms with van der Waals surface area (Å²) >= 11 is 0. The minimum Gasteiger partial charge on any atom is -0.497 e. The van der Waals surface area contributed by atoms with Gasteiger partial charge in [-0.05, 0) is 35.9 Å². The van der Waals surface area contributed by atoms with Gasteiger partial charge in [0.15, 0.2) is 17.5 Å². The topological polar surface area (TPSA) is 93.2 Å². The Bertz CT molecular complexity index is 839. The molecule has 0 spiro atoms. The predicted octanol–water partition coefficient (Wildman–Crippen LogP) is 1.81. The Morgan fingerprint density at radius 3 is 2.34 bits per heavy atom. The Hall–Kier alpha value is -3.42. The highest BCUT2D eigenvalue weighted by atomic mass is 16.5. The highest BCUT2D eigenvalue weighted by Crippen LogP contribution is 2.27. The normalized spacial score (nSPS) is 10.8. The summed E-state index contributed by atoms with van der Waals surface area (Å²) in [5, 5.41) is 9.25. The van der Waals surface area contributed by atoms with Gasteiger partial charge in [0.05, 0.1) is 21.3 Å². The summed E-state index contributed by atoms with van der Waals surface area (Å²) in [7, 11) is 6.48. The smallest absolute Gasteiger partial charge is 0.251 e. The van der Waals surface area contributed by atoms with Gasteiger partial charge in [-0.25, -0.2) is 0 Å². The molecule has 0 aliphatic rings. The van der Waals surface area contributed by atoms with Crippen LogP contribution in [0.3, 0.4) is 0 Å². The summed E-state index contributed by atoms with van der Waals surface area (Å²) in [5.74, 6) is 2.49. The first-order chi connectivity index (χ1) is 14.1. The molecule has 0 bridgehead atoms. The maximum absolute atomic E-state index is 12.2. The molecule has 29 heavy (non-hydrogen) atoms. The van der Waals surface area contributed by atoms with E-state index in [1.807, 2.05) is 18.2 Å². The van der Waals surface area contributed by atoms with Crippen LogP contribution in [-0.4, -0.2) is 53.3 Å². The molecule has 3 N–H and O–H groups in total. The van der Waals surface area contributed by atoms with E-state index in [2.05, 4.69) is 20.9 Å². The second-order valence-corrected chi connectivity index (χ2v) is 6.03. The summed E-state index contributed by atoms with van der Waals surface area (Å²) in [6, 6.07) is 12.8. The molecule has 2 aromatic carbocycles. The zero-order valence-corrected chi connectivity index (χ0v) is 17.2. The largest absolute Gasteiger partial charge is 0.497 e. The van der Waals surface area contributed by atoms with E-state index >= 15 is 0 Å². The van der Waals surface area contributed by atoms with Gasteiger partial charge in [-0.2, -0.15) is 0 Å². The number of nitrogens with one attached hydrogen (secondary N) is 3. The molecule has 0 aromatic heterocycles. The standard InChI is InChI=1S/C21H28N4O4/c1-22-21(25-14-15-8-9-18(28-3)19(12-15)29-4)24-11-10-23-20(26)16-6-5-7-17(13-16)27-2/h5-9,12-13H,10-11,14H2,1-4H3,(H,23,26)(H2,22,24,25). The van der Waals surface area contributed by atoms with Gasteiger partial charge < -0.3 is 30.2 Å². The average Bonchev–Trinajstić information content (AvgIpc) is 2.78. The van der Waals surface area contributed by atoms with Crippen molar-refractivity contribution in [3.63, 3.8) is 0 Å². The molecule has 156 valence electrons. The monoisotopic (exact) mass is 400 g/mol. The lowest BCUT2D eigenvalue weighted by Crippen LogP contribution is -2.41. The van der Waals surface area contributed by atoms with Crippen LogP contribution in [0.2, 0.25) is 0 Å². The Morgan fingerprint density at radius 2 is 1.66 bits per heavy atom. The fraction of sp³-hybridized carbons (Fsp3) is 0.333. The van der Waals surface area contributed by atoms with Crippen molar-refractivity contribution in [2.24, 2.45) is 4.99 Å². The van der Waals surface area contributed by atoms with Crippen LogP contribution in [-0.2, 0) is 6.54 Å². The number of guanidine groups is 1. The van der Waals surface area contributed by atoms with E-state index in [1.54, 1.807) is 52.6 Å². The van der Waals surface area contributed by atoms with E-state index in [1.165, 1.54) is 0 Å². The van der Waals surface area contributed by atoms with Crippen LogP contribution in [0.25, 0.3) is 0 Å². The fourth-order valence-corrected chi connectivity index (χ4v) is 2.62. The predicted molar refractivity (Wildman–Crippen MR) is 113 cm³/mol. The van der Waals surface area contributed by atoms with Crippen LogP contribution in [0.5, 0.6) is 17.2 Å². The first-order valence-corrected chi connectivity index (χ1v) is 9.19. The molecule has 0 saturated carbocycles. The minimum atomic E-state index is -0.154. The van der Waals surface area contributed by atoms with Gasteiger partial charge in [-0.3, -0.25) is 9.79 Å². The molecule has 2 aromatic rings. The lowest BCUT2D eigenvalue weighted by Gasteiger charge is -2.14. The van der Waals surface area contributed by atoms with E-state index in [9.17, 15) is 4.79 Å². The van der Waals surface area contributed by atoms with Crippen LogP contribution in [0.4, 0.5) is 0 Å². The number of nitrogens with zero attached hydrogens (tertiary/aromatic N) is 1. The van der Waals surface area contributed by atoms with Crippen LogP contribution in [0.15, 0.2) is 47.5 Å². The highest BCUT2D eigenvalue weighted by Gasteiger charge is 2.07. The molecule has 0 fully saturated rings. The Morgan fingerprint density at radius 1 is 0.897 bits per heavy atom. The van der Waals surface area contributed by atoms with Gasteiger partial charge in [0.1, 0.15) is 5.75 Å². The van der Waals surface area contributed by atoms with Gasteiger partial charge in [-0.1, -0.05) is 12.1 Å². The number of amides is 1. The van der Waals surface area contributed by atoms with Gasteiger partial charge in [0.25, 0.3) is 5.91 Å². The van der Waals surface area contributed by atoms with Crippen molar-refractivity contribution in [2.45, 2.75) is 6.54 Å². The molecule has 2 rings (SSSR count). The number of benzene rings is 2. The van der Waals surface area contributed by atoms with Crippen molar-refractivity contribution in [3.8, 4) is 17.2 Å². The maximum Gasteiger partial charge on any atom is 0.251 e. The van der Waals surface area contributed by atoms with Crippen molar-refractivity contribution in [3.05, 3.63) is 53.6 Å². The fourth-order valence-electron chi connectivity index (χ4n) is 2.62. The minimum absolute atomic E-state index is 0.154. The van der Waals surface area contributed by atoms with E-state index in [0.717, 1.165) is 5.56 Å². The summed E-state index contributed by atoms with van der Waals surface area (Å²) < 4.78 is 15.7. The first kappa shape index (κ1) is 21.9. The number of carbonyl (C=O) groups is 1. The molecular formula is C21H28N4O4. The molecule has 8 nitrogen and oxygen atoms in total. The first-order valence-electron chi connectivity index (χ1n) is 9.19. The summed E-state index contributed by atoms with van der Waals surface area (Å²) in [6.07, 6.45) is 0. The van der Waals surface area contributed by atoms with Crippen molar-refractivity contribution in [1.82, 2.24) is 16.0 Å². The highest BCUT2D eigenvalue weighted by molar-refractivity contribution is 5.94. The average molecular weight is 400 g/mol. The van der Waals surface area contributed by atoms with E-state index < -0.39 is 0 Å². The number of hydrogen-bond acceptors (Lipinski definition) is 5. The molecule has 0 unspecified atom stereocenters. The Balaban J connectivity index is 1.77. The van der Waals surface area contributed by atoms with Crippen LogP contribution in [0, 0.1) is 0 Å². The third kappa shape index (κ3) is 6.60. The number of methoxy groups -OCH3 is 3. The van der Waals surface area contributed by atoms with Crippen molar-refractivity contribution < 1.29 is 19.0 Å². The molecule has 0 atom stereocenters. The quantitative estimate of drug-likeness (QED) is 0.338. The number of aliphatic imine (C=N–C) groups is 1. The van der Waals surface area contributed by atoms with E-state index in [4.69, 9.17) is 14.2 Å². The van der Waals surface area contributed by atoms with Gasteiger partial charge in [0, 0.05) is 32.2 Å². The van der Waals surface area contributed by atoms with Crippen molar-refractivity contribution in [1.29, 1.82) is 0 Å². The van der Waals surface area contributed by atoms with Crippen LogP contribution in [0.1, 0.15) is 15.9 Å². The number of ether oxygens (including phenoxy) is 3. The van der Waals surface area contributed by atoms with Gasteiger partial charge in [-0.15, -0.1) is 0 Å². The molecule has 8 heteroatoms. The molecule has 0 aliphatic carbocycles. The molecule has 0 saturated heterocycles. The summed E-state index contributed by atoms with van der Waals surface area (Å²) in [5.41, 5.74) is 1.58. The van der Waals surface area contributed by atoms with Gasteiger partial charge >= 0.3 is 0 Å². The summed E-state index contributed by atoms with van der Waals surface area (Å²) in [6.45, 7) is 1.55. The second-order valence-electron chi connectivity index (χ2n) is 6.03. The molecular weight excluding hydrogens is 372 g/mol. The van der Waals surface area contributed by atoms with Crippen molar-refractivity contribution >= 4 is 11.9 Å². The van der Waals surface area contributed by atoms with Crippen LogP contribution < -0.4 is 30.2 Å². The number of rotatable bonds is 9. The molecule has 0 aliphatic heterocycles. The third-order valence-electron chi connectivity index (χ3n) is 4.17. The Labute approximate surface area is 171 Å². The van der Waals surface area contributed by atoms with Crippen molar-refractivity contribution in [2.75, 3.05) is 41.5 Å². The second kappa shape index (κ2) is 11.4. The summed E-state index contributed by atoms with van der Waals surface area (Å²) in [4.78, 5) is 16.4.